The van der Waals surface area contributed by atoms with E-state index in [9.17, 15) is 14.0 Å². The minimum Gasteiger partial charge on any atom is -0.348 e. The highest BCUT2D eigenvalue weighted by Crippen LogP contribution is 2.20. The smallest absolute Gasteiger partial charge is 0.316 e. The predicted octanol–water partition coefficient (Wildman–Crippen LogP) is 2.66. The van der Waals surface area contributed by atoms with E-state index >= 15 is 0 Å². The maximum atomic E-state index is 13.4. The molecule has 2 atom stereocenters. The number of benzene rings is 1. The number of likely N-dealkylation sites (tertiary alicyclic amines) is 1. The molecule has 0 aliphatic carbocycles. The van der Waals surface area contributed by atoms with Crippen molar-refractivity contribution in [3.63, 3.8) is 0 Å². The van der Waals surface area contributed by atoms with Crippen molar-refractivity contribution in [2.75, 3.05) is 37.6 Å². The third kappa shape index (κ3) is 5.80. The van der Waals surface area contributed by atoms with Crippen LogP contribution < -0.4 is 10.2 Å². The zero-order valence-corrected chi connectivity index (χ0v) is 16.0. The molecular weight excluding hydrogens is 333 g/mol. The Morgan fingerprint density at radius 2 is 1.96 bits per heavy atom. The van der Waals surface area contributed by atoms with Crippen LogP contribution in [0.5, 0.6) is 0 Å². The highest BCUT2D eigenvalue weighted by molar-refractivity contribution is 6.40. The fourth-order valence-corrected chi connectivity index (χ4v) is 3.76. The Morgan fingerprint density at radius 3 is 2.58 bits per heavy atom. The van der Waals surface area contributed by atoms with Crippen molar-refractivity contribution in [1.29, 1.82) is 0 Å². The summed E-state index contributed by atoms with van der Waals surface area (Å²) in [6.07, 6.45) is 2.08. The summed E-state index contributed by atoms with van der Waals surface area (Å²) >= 11 is 0. The van der Waals surface area contributed by atoms with Crippen LogP contribution in [0.1, 0.15) is 33.6 Å². The van der Waals surface area contributed by atoms with Gasteiger partial charge in [-0.05, 0) is 56.3 Å². The third-order valence-corrected chi connectivity index (χ3v) is 4.76. The second-order valence-corrected chi connectivity index (χ2v) is 7.34. The molecule has 2 amide bonds. The van der Waals surface area contributed by atoms with Crippen molar-refractivity contribution in [3.8, 4) is 0 Å². The van der Waals surface area contributed by atoms with E-state index < -0.39 is 17.6 Å². The van der Waals surface area contributed by atoms with E-state index in [1.54, 1.807) is 13.0 Å². The standard InChI is InChI=1S/C20H30FN3O2/c1-4-24(18-8-5-7-17(21)12-18)20(26)19(25)22-9-6-10-23-13-15(2)11-16(3)14-23/h5,7-8,12,15-16H,4,6,9-11,13-14H2,1-3H3,(H,22,25)/t15-,16-/m0/s1. The van der Waals surface area contributed by atoms with E-state index in [-0.39, 0.29) is 0 Å². The monoisotopic (exact) mass is 363 g/mol. The van der Waals surface area contributed by atoms with Crippen LogP contribution in [0.25, 0.3) is 0 Å². The Bertz CT molecular complexity index is 613. The molecular formula is C20H30FN3O2. The van der Waals surface area contributed by atoms with Gasteiger partial charge in [-0.1, -0.05) is 19.9 Å². The van der Waals surface area contributed by atoms with Gasteiger partial charge >= 0.3 is 11.8 Å². The number of likely N-dealkylation sites (N-methyl/N-ethyl adjacent to an activating group) is 1. The lowest BCUT2D eigenvalue weighted by atomic mass is 9.92. The summed E-state index contributed by atoms with van der Waals surface area (Å²) in [5.41, 5.74) is 0.393. The molecule has 144 valence electrons. The molecule has 1 fully saturated rings. The van der Waals surface area contributed by atoms with Gasteiger partial charge in [-0.3, -0.25) is 9.59 Å². The van der Waals surface area contributed by atoms with Gasteiger partial charge in [-0.15, -0.1) is 0 Å². The fraction of sp³-hybridized carbons (Fsp3) is 0.600. The molecule has 0 unspecified atom stereocenters. The topological polar surface area (TPSA) is 52.7 Å². The van der Waals surface area contributed by atoms with Crippen molar-refractivity contribution >= 4 is 17.5 Å². The number of piperidine rings is 1. The van der Waals surface area contributed by atoms with Gasteiger partial charge in [0.2, 0.25) is 0 Å². The number of anilines is 1. The highest BCUT2D eigenvalue weighted by Gasteiger charge is 2.23. The average molecular weight is 363 g/mol. The van der Waals surface area contributed by atoms with Crippen LogP contribution in [-0.2, 0) is 9.59 Å². The van der Waals surface area contributed by atoms with Gasteiger partial charge in [0.05, 0.1) is 0 Å². The number of carbonyl (C=O) groups is 2. The predicted molar refractivity (Wildman–Crippen MR) is 101 cm³/mol. The molecule has 26 heavy (non-hydrogen) atoms. The van der Waals surface area contributed by atoms with Crippen LogP contribution in [0, 0.1) is 17.7 Å². The summed E-state index contributed by atoms with van der Waals surface area (Å²) in [4.78, 5) is 28.2. The first-order chi connectivity index (χ1) is 12.4. The molecule has 6 heteroatoms. The lowest BCUT2D eigenvalue weighted by Gasteiger charge is -2.34. The van der Waals surface area contributed by atoms with Crippen molar-refractivity contribution < 1.29 is 14.0 Å². The number of amides is 2. The minimum absolute atomic E-state index is 0.305. The number of carbonyl (C=O) groups excluding carboxylic acids is 2. The Labute approximate surface area is 155 Å². The van der Waals surface area contributed by atoms with Crippen molar-refractivity contribution in [3.05, 3.63) is 30.1 Å². The van der Waals surface area contributed by atoms with Crippen LogP contribution in [0.15, 0.2) is 24.3 Å². The summed E-state index contributed by atoms with van der Waals surface area (Å²) in [5, 5.41) is 2.69. The second-order valence-electron chi connectivity index (χ2n) is 7.34. The first kappa shape index (κ1) is 20.4. The second kappa shape index (κ2) is 9.67. The van der Waals surface area contributed by atoms with E-state index in [0.29, 0.717) is 30.6 Å². The first-order valence-electron chi connectivity index (χ1n) is 9.48. The van der Waals surface area contributed by atoms with Gasteiger partial charge < -0.3 is 15.1 Å². The van der Waals surface area contributed by atoms with Gasteiger partial charge in [0, 0.05) is 31.9 Å². The molecule has 1 aromatic rings. The van der Waals surface area contributed by atoms with Gasteiger partial charge in [0.1, 0.15) is 5.82 Å². The van der Waals surface area contributed by atoms with Crippen molar-refractivity contribution in [2.24, 2.45) is 11.8 Å². The van der Waals surface area contributed by atoms with E-state index in [2.05, 4.69) is 24.1 Å². The number of rotatable bonds is 6. The maximum absolute atomic E-state index is 13.4. The summed E-state index contributed by atoms with van der Waals surface area (Å²) in [5.74, 6) is -0.312. The maximum Gasteiger partial charge on any atom is 0.316 e. The minimum atomic E-state index is -0.654. The quantitative estimate of drug-likeness (QED) is 0.624. The number of halogens is 1. The van der Waals surface area contributed by atoms with Crippen LogP contribution in [-0.4, -0.2) is 49.4 Å². The van der Waals surface area contributed by atoms with Crippen LogP contribution >= 0.6 is 0 Å². The molecule has 0 spiro atoms. The fourth-order valence-electron chi connectivity index (χ4n) is 3.76. The molecule has 0 aromatic heterocycles. The molecule has 5 nitrogen and oxygen atoms in total. The molecule has 0 bridgehead atoms. The van der Waals surface area contributed by atoms with Crippen LogP contribution in [0.3, 0.4) is 0 Å². The van der Waals surface area contributed by atoms with Gasteiger partial charge in [-0.25, -0.2) is 4.39 Å². The summed E-state index contributed by atoms with van der Waals surface area (Å²) in [7, 11) is 0. The summed E-state index contributed by atoms with van der Waals surface area (Å²) in [6, 6.07) is 5.72. The zero-order chi connectivity index (χ0) is 19.1. The number of hydrogen-bond acceptors (Lipinski definition) is 3. The molecule has 1 saturated heterocycles. The summed E-state index contributed by atoms with van der Waals surface area (Å²) < 4.78 is 13.4. The van der Waals surface area contributed by atoms with Gasteiger partial charge in [-0.2, -0.15) is 0 Å². The number of hydrogen-bond donors (Lipinski definition) is 1. The molecule has 1 aliphatic heterocycles. The highest BCUT2D eigenvalue weighted by atomic mass is 19.1. The first-order valence-corrected chi connectivity index (χ1v) is 9.48. The zero-order valence-electron chi connectivity index (χ0n) is 16.0. The molecule has 2 rings (SSSR count). The molecule has 1 heterocycles. The van der Waals surface area contributed by atoms with Crippen LogP contribution in [0.4, 0.5) is 10.1 Å². The normalized spacial score (nSPS) is 20.6. The van der Waals surface area contributed by atoms with Gasteiger partial charge in [0.25, 0.3) is 0 Å². The van der Waals surface area contributed by atoms with Crippen molar-refractivity contribution in [1.82, 2.24) is 10.2 Å². The molecule has 1 N–H and O–H groups in total. The van der Waals surface area contributed by atoms with Crippen LogP contribution in [0.2, 0.25) is 0 Å². The molecule has 1 aliphatic rings. The Kier molecular flexibility index (Phi) is 7.57. The average Bonchev–Trinajstić information content (AvgIpc) is 2.58. The summed E-state index contributed by atoms with van der Waals surface area (Å²) in [6.45, 7) is 10.2. The lowest BCUT2D eigenvalue weighted by Crippen LogP contribution is -2.44. The Balaban J connectivity index is 1.78. The SMILES string of the molecule is CCN(C(=O)C(=O)NCCCN1C[C@@H](C)C[C@H](C)C1)c1cccc(F)c1. The Morgan fingerprint density at radius 1 is 1.27 bits per heavy atom. The molecule has 1 aromatic carbocycles. The molecule has 0 radical (unpaired) electrons. The van der Waals surface area contributed by atoms with Crippen molar-refractivity contribution in [2.45, 2.75) is 33.6 Å². The number of nitrogens with zero attached hydrogens (tertiary/aromatic N) is 2. The molecule has 0 saturated carbocycles. The largest absolute Gasteiger partial charge is 0.348 e. The Hall–Kier alpha value is -1.95. The number of nitrogens with one attached hydrogen (secondary N) is 1. The van der Waals surface area contributed by atoms with E-state index in [1.165, 1.54) is 29.5 Å². The van der Waals surface area contributed by atoms with E-state index in [4.69, 9.17) is 0 Å². The van der Waals surface area contributed by atoms with E-state index in [0.717, 1.165) is 26.1 Å². The van der Waals surface area contributed by atoms with E-state index in [1.807, 2.05) is 0 Å². The van der Waals surface area contributed by atoms with Gasteiger partial charge in [0.15, 0.2) is 0 Å². The lowest BCUT2D eigenvalue weighted by molar-refractivity contribution is -0.137. The third-order valence-electron chi connectivity index (χ3n) is 4.76.